The van der Waals surface area contributed by atoms with E-state index in [4.69, 9.17) is 9.47 Å². The molecule has 0 fully saturated rings. The van der Waals surface area contributed by atoms with Crippen LogP contribution in [0.2, 0.25) is 0 Å². The molecule has 0 saturated heterocycles. The number of nitrogens with one attached hydrogen (secondary N) is 2. The van der Waals surface area contributed by atoms with E-state index in [9.17, 15) is 9.59 Å². The number of para-hydroxylation sites is 2. The maximum Gasteiger partial charge on any atom is 0.261 e. The number of carbonyl (C=O) groups is 1. The second kappa shape index (κ2) is 7.03. The molecule has 0 aliphatic carbocycles. The summed E-state index contributed by atoms with van der Waals surface area (Å²) in [6.45, 7) is -0.201. The van der Waals surface area contributed by atoms with E-state index in [2.05, 4.69) is 20.3 Å². The van der Waals surface area contributed by atoms with E-state index in [0.29, 0.717) is 28.4 Å². The summed E-state index contributed by atoms with van der Waals surface area (Å²) in [4.78, 5) is 36.7. The van der Waals surface area contributed by atoms with Crippen LogP contribution in [-0.2, 0) is 11.3 Å². The molecule has 0 atom stereocenters. The number of hydrogen-bond acceptors (Lipinski definition) is 6. The van der Waals surface area contributed by atoms with Crippen molar-refractivity contribution in [3.63, 3.8) is 0 Å². The van der Waals surface area contributed by atoms with Crippen molar-refractivity contribution in [1.82, 2.24) is 19.5 Å². The Hall–Kier alpha value is -3.88. The number of aromatic amines is 1. The average molecular weight is 379 g/mol. The number of methoxy groups -OCH3 is 2. The first-order valence-corrected chi connectivity index (χ1v) is 8.45. The molecule has 0 bridgehead atoms. The van der Waals surface area contributed by atoms with Gasteiger partial charge >= 0.3 is 0 Å². The maximum atomic E-state index is 12.7. The molecule has 9 nitrogen and oxygen atoms in total. The van der Waals surface area contributed by atoms with Crippen LogP contribution in [0.3, 0.4) is 0 Å². The third-order valence-electron chi connectivity index (χ3n) is 4.29. The highest BCUT2D eigenvalue weighted by Crippen LogP contribution is 2.29. The van der Waals surface area contributed by atoms with Gasteiger partial charge in [-0.15, -0.1) is 0 Å². The summed E-state index contributed by atoms with van der Waals surface area (Å²) in [5.74, 6) is 0.808. The minimum Gasteiger partial charge on any atom is -0.493 e. The number of benzene rings is 2. The van der Waals surface area contributed by atoms with Crippen LogP contribution >= 0.6 is 0 Å². The van der Waals surface area contributed by atoms with Crippen molar-refractivity contribution in [3.05, 3.63) is 53.1 Å². The van der Waals surface area contributed by atoms with Crippen LogP contribution < -0.4 is 20.3 Å². The fourth-order valence-corrected chi connectivity index (χ4v) is 2.94. The molecule has 0 aliphatic heterocycles. The molecule has 28 heavy (non-hydrogen) atoms. The first-order chi connectivity index (χ1) is 13.6. The predicted octanol–water partition coefficient (Wildman–Crippen LogP) is 1.93. The summed E-state index contributed by atoms with van der Waals surface area (Å²) in [7, 11) is 2.99. The molecule has 0 radical (unpaired) electrons. The van der Waals surface area contributed by atoms with Gasteiger partial charge in [0.1, 0.15) is 6.54 Å². The summed E-state index contributed by atoms with van der Waals surface area (Å²) < 4.78 is 11.7. The SMILES string of the molecule is COc1cc2ncn(CC(=O)Nc3nc4ccccc4[nH]3)c(=O)c2cc1OC. The second-order valence-electron chi connectivity index (χ2n) is 6.05. The van der Waals surface area contributed by atoms with Gasteiger partial charge in [-0.2, -0.15) is 0 Å². The number of H-pyrrole nitrogens is 1. The van der Waals surface area contributed by atoms with Gasteiger partial charge in [0, 0.05) is 6.07 Å². The van der Waals surface area contributed by atoms with Crippen molar-refractivity contribution in [2.24, 2.45) is 0 Å². The monoisotopic (exact) mass is 379 g/mol. The molecule has 0 aliphatic rings. The van der Waals surface area contributed by atoms with Crippen LogP contribution in [0, 0.1) is 0 Å². The van der Waals surface area contributed by atoms with Gasteiger partial charge in [-0.1, -0.05) is 12.1 Å². The van der Waals surface area contributed by atoms with Crippen molar-refractivity contribution in [1.29, 1.82) is 0 Å². The molecule has 4 rings (SSSR count). The molecular weight excluding hydrogens is 362 g/mol. The largest absolute Gasteiger partial charge is 0.493 e. The maximum absolute atomic E-state index is 12.7. The highest BCUT2D eigenvalue weighted by molar-refractivity contribution is 5.91. The number of amides is 1. The Bertz CT molecular complexity index is 1210. The van der Waals surface area contributed by atoms with Crippen molar-refractivity contribution < 1.29 is 14.3 Å². The molecule has 2 N–H and O–H groups in total. The molecule has 4 aromatic rings. The van der Waals surface area contributed by atoms with Crippen molar-refractivity contribution >= 4 is 33.8 Å². The lowest BCUT2D eigenvalue weighted by atomic mass is 10.2. The van der Waals surface area contributed by atoms with Gasteiger partial charge in [0.2, 0.25) is 11.9 Å². The van der Waals surface area contributed by atoms with Crippen LogP contribution in [0.5, 0.6) is 11.5 Å². The zero-order valence-electron chi connectivity index (χ0n) is 15.2. The molecule has 0 unspecified atom stereocenters. The van der Waals surface area contributed by atoms with E-state index in [1.54, 1.807) is 12.1 Å². The van der Waals surface area contributed by atoms with E-state index < -0.39 is 5.91 Å². The Balaban J connectivity index is 1.60. The van der Waals surface area contributed by atoms with Gasteiger partial charge in [0.25, 0.3) is 5.56 Å². The molecule has 2 aromatic carbocycles. The van der Waals surface area contributed by atoms with Crippen molar-refractivity contribution in [2.75, 3.05) is 19.5 Å². The quantitative estimate of drug-likeness (QED) is 0.548. The summed E-state index contributed by atoms with van der Waals surface area (Å²) in [5.41, 5.74) is 1.65. The normalized spacial score (nSPS) is 10.9. The zero-order valence-corrected chi connectivity index (χ0v) is 15.2. The van der Waals surface area contributed by atoms with E-state index in [1.807, 2.05) is 24.3 Å². The highest BCUT2D eigenvalue weighted by atomic mass is 16.5. The van der Waals surface area contributed by atoms with E-state index in [0.717, 1.165) is 11.0 Å². The molecule has 2 heterocycles. The Labute approximate surface area is 158 Å². The molecule has 142 valence electrons. The number of ether oxygens (including phenoxy) is 2. The number of aromatic nitrogens is 4. The minimum atomic E-state index is -0.400. The van der Waals surface area contributed by atoms with Crippen LogP contribution in [0.1, 0.15) is 0 Å². The Morgan fingerprint density at radius 1 is 1.14 bits per heavy atom. The van der Waals surface area contributed by atoms with E-state index in [-0.39, 0.29) is 12.1 Å². The van der Waals surface area contributed by atoms with Gasteiger partial charge < -0.3 is 14.5 Å². The number of rotatable bonds is 5. The number of nitrogens with zero attached hydrogens (tertiary/aromatic N) is 3. The van der Waals surface area contributed by atoms with Gasteiger partial charge in [-0.05, 0) is 18.2 Å². The number of imidazole rings is 1. The summed E-state index contributed by atoms with van der Waals surface area (Å²) in [5, 5.41) is 2.99. The third-order valence-corrected chi connectivity index (χ3v) is 4.29. The standard InChI is InChI=1S/C19H17N5O4/c1-27-15-7-11-14(8-16(15)28-2)20-10-24(18(11)26)9-17(25)23-19-21-12-5-3-4-6-13(12)22-19/h3-8,10H,9H2,1-2H3,(H2,21,22,23,25). The average Bonchev–Trinajstić information content (AvgIpc) is 3.11. The third kappa shape index (κ3) is 3.13. The molecular formula is C19H17N5O4. The van der Waals surface area contributed by atoms with Gasteiger partial charge in [-0.3, -0.25) is 19.5 Å². The first kappa shape index (κ1) is 17.5. The predicted molar refractivity (Wildman–Crippen MR) is 104 cm³/mol. The van der Waals surface area contributed by atoms with Crippen molar-refractivity contribution in [3.8, 4) is 11.5 Å². The topological polar surface area (TPSA) is 111 Å². The van der Waals surface area contributed by atoms with Gasteiger partial charge in [-0.25, -0.2) is 9.97 Å². The van der Waals surface area contributed by atoms with Crippen molar-refractivity contribution in [2.45, 2.75) is 6.54 Å². The summed E-state index contributed by atoms with van der Waals surface area (Å²) in [6, 6.07) is 10.6. The lowest BCUT2D eigenvalue weighted by Crippen LogP contribution is -2.28. The summed E-state index contributed by atoms with van der Waals surface area (Å²) >= 11 is 0. The molecule has 2 aromatic heterocycles. The van der Waals surface area contributed by atoms with Crippen LogP contribution in [0.25, 0.3) is 21.9 Å². The second-order valence-corrected chi connectivity index (χ2v) is 6.05. The number of anilines is 1. The fraction of sp³-hybridized carbons (Fsp3) is 0.158. The molecule has 0 saturated carbocycles. The highest BCUT2D eigenvalue weighted by Gasteiger charge is 2.13. The molecule has 1 amide bonds. The van der Waals surface area contributed by atoms with Crippen LogP contribution in [0.15, 0.2) is 47.5 Å². The van der Waals surface area contributed by atoms with Gasteiger partial charge in [0.05, 0.1) is 42.5 Å². The van der Waals surface area contributed by atoms with Gasteiger partial charge in [0.15, 0.2) is 11.5 Å². The lowest BCUT2D eigenvalue weighted by molar-refractivity contribution is -0.116. The Morgan fingerprint density at radius 2 is 1.89 bits per heavy atom. The number of carbonyl (C=O) groups excluding carboxylic acids is 1. The molecule has 9 heteroatoms. The van der Waals surface area contributed by atoms with E-state index >= 15 is 0 Å². The minimum absolute atomic E-state index is 0.201. The van der Waals surface area contributed by atoms with Crippen LogP contribution in [-0.4, -0.2) is 39.6 Å². The lowest BCUT2D eigenvalue weighted by Gasteiger charge is -2.10. The van der Waals surface area contributed by atoms with E-state index in [1.165, 1.54) is 25.1 Å². The summed E-state index contributed by atoms with van der Waals surface area (Å²) in [6.07, 6.45) is 1.33. The smallest absolute Gasteiger partial charge is 0.261 e. The Kier molecular flexibility index (Phi) is 4.40. The Morgan fingerprint density at radius 3 is 2.64 bits per heavy atom. The van der Waals surface area contributed by atoms with Crippen LogP contribution in [0.4, 0.5) is 5.95 Å². The molecule has 0 spiro atoms. The fourth-order valence-electron chi connectivity index (χ4n) is 2.94. The first-order valence-electron chi connectivity index (χ1n) is 8.45. The number of fused-ring (bicyclic) bond motifs is 2. The number of hydrogen-bond donors (Lipinski definition) is 2. The zero-order chi connectivity index (χ0) is 19.7.